The molecule has 1 aliphatic rings. The summed E-state index contributed by atoms with van der Waals surface area (Å²) in [6, 6.07) is 2.95. The van der Waals surface area contributed by atoms with Gasteiger partial charge >= 0.3 is 5.97 Å². The fraction of sp³-hybridized carbons (Fsp3) is 0.357. The van der Waals surface area contributed by atoms with Gasteiger partial charge in [0.25, 0.3) is 11.6 Å². The number of methoxy groups -OCH3 is 1. The van der Waals surface area contributed by atoms with Crippen LogP contribution in [0.3, 0.4) is 0 Å². The van der Waals surface area contributed by atoms with Crippen LogP contribution in [0.25, 0.3) is 0 Å². The third kappa shape index (κ3) is 4.18. The van der Waals surface area contributed by atoms with E-state index in [-0.39, 0.29) is 29.5 Å². The van der Waals surface area contributed by atoms with Crippen molar-refractivity contribution in [1.82, 2.24) is 5.32 Å². The molecule has 2 amide bonds. The summed E-state index contributed by atoms with van der Waals surface area (Å²) in [5, 5.41) is 15.6. The number of ether oxygens (including phenoxy) is 2. The van der Waals surface area contributed by atoms with E-state index in [1.165, 1.54) is 19.2 Å². The minimum atomic E-state index is -0.737. The maximum Gasteiger partial charge on any atom is 0.329 e. The van der Waals surface area contributed by atoms with Gasteiger partial charge in [-0.25, -0.2) is 4.79 Å². The first-order valence-corrected chi connectivity index (χ1v) is 6.99. The standard InChI is InChI=1S/C14H15N3O7/c1-23-11-6-8(17(21)22)2-3-9(11)15-13(19)7-24-14(20)10-4-5-12(18)16-10/h2-3,6,10H,4-5,7H2,1H3,(H,15,19)(H,16,18). The van der Waals surface area contributed by atoms with Crippen molar-refractivity contribution in [3.8, 4) is 5.75 Å². The highest BCUT2D eigenvalue weighted by Gasteiger charge is 2.28. The highest BCUT2D eigenvalue weighted by atomic mass is 16.6. The average molecular weight is 337 g/mol. The number of nitrogens with one attached hydrogen (secondary N) is 2. The molecule has 1 aromatic carbocycles. The molecule has 1 heterocycles. The Morgan fingerprint density at radius 1 is 1.46 bits per heavy atom. The molecule has 1 fully saturated rings. The van der Waals surface area contributed by atoms with E-state index in [1.54, 1.807) is 0 Å². The van der Waals surface area contributed by atoms with Crippen molar-refractivity contribution in [2.45, 2.75) is 18.9 Å². The van der Waals surface area contributed by atoms with Crippen molar-refractivity contribution >= 4 is 29.2 Å². The van der Waals surface area contributed by atoms with Crippen LogP contribution >= 0.6 is 0 Å². The molecule has 2 N–H and O–H groups in total. The summed E-state index contributed by atoms with van der Waals surface area (Å²) in [5.41, 5.74) is 0.0200. The Morgan fingerprint density at radius 2 is 2.21 bits per heavy atom. The van der Waals surface area contributed by atoms with Gasteiger partial charge in [-0.3, -0.25) is 19.7 Å². The topological polar surface area (TPSA) is 137 Å². The lowest BCUT2D eigenvalue weighted by molar-refractivity contribution is -0.384. The van der Waals surface area contributed by atoms with Gasteiger partial charge in [0, 0.05) is 12.5 Å². The first kappa shape index (κ1) is 17.2. The van der Waals surface area contributed by atoms with Gasteiger partial charge in [0.05, 0.1) is 23.8 Å². The van der Waals surface area contributed by atoms with Crippen LogP contribution in [0.5, 0.6) is 5.75 Å². The Balaban J connectivity index is 1.91. The minimum absolute atomic E-state index is 0.104. The van der Waals surface area contributed by atoms with Gasteiger partial charge in [0.1, 0.15) is 11.8 Å². The molecule has 1 aliphatic heterocycles. The quantitative estimate of drug-likeness (QED) is 0.434. The lowest BCUT2D eigenvalue weighted by Gasteiger charge is -2.12. The van der Waals surface area contributed by atoms with E-state index >= 15 is 0 Å². The van der Waals surface area contributed by atoms with Gasteiger partial charge in [0.15, 0.2) is 6.61 Å². The monoisotopic (exact) mass is 337 g/mol. The minimum Gasteiger partial charge on any atom is -0.494 e. The number of benzene rings is 1. The summed E-state index contributed by atoms with van der Waals surface area (Å²) in [7, 11) is 1.30. The van der Waals surface area contributed by atoms with E-state index in [9.17, 15) is 24.5 Å². The van der Waals surface area contributed by atoms with E-state index in [2.05, 4.69) is 10.6 Å². The molecule has 1 saturated heterocycles. The van der Waals surface area contributed by atoms with Crippen molar-refractivity contribution in [2.75, 3.05) is 19.0 Å². The molecule has 128 valence electrons. The average Bonchev–Trinajstić information content (AvgIpc) is 2.99. The number of carbonyl (C=O) groups excluding carboxylic acids is 3. The number of nitro benzene ring substituents is 1. The van der Waals surface area contributed by atoms with Gasteiger partial charge in [-0.15, -0.1) is 0 Å². The van der Waals surface area contributed by atoms with Crippen LogP contribution in [0.2, 0.25) is 0 Å². The second-order valence-electron chi connectivity index (χ2n) is 4.96. The fourth-order valence-electron chi connectivity index (χ4n) is 2.11. The molecular weight excluding hydrogens is 322 g/mol. The van der Waals surface area contributed by atoms with Gasteiger partial charge in [0.2, 0.25) is 5.91 Å². The number of amides is 2. The van der Waals surface area contributed by atoms with E-state index < -0.39 is 29.4 Å². The van der Waals surface area contributed by atoms with Crippen molar-refractivity contribution in [2.24, 2.45) is 0 Å². The Morgan fingerprint density at radius 3 is 2.79 bits per heavy atom. The van der Waals surface area contributed by atoms with Crippen molar-refractivity contribution < 1.29 is 28.8 Å². The van der Waals surface area contributed by atoms with Crippen LogP contribution in [0.15, 0.2) is 18.2 Å². The number of nitrogens with zero attached hydrogens (tertiary/aromatic N) is 1. The molecule has 2 rings (SSSR count). The first-order valence-electron chi connectivity index (χ1n) is 6.99. The smallest absolute Gasteiger partial charge is 0.329 e. The zero-order valence-electron chi connectivity index (χ0n) is 12.7. The molecule has 10 heteroatoms. The zero-order valence-corrected chi connectivity index (χ0v) is 12.7. The molecule has 24 heavy (non-hydrogen) atoms. The maximum absolute atomic E-state index is 11.8. The number of carbonyl (C=O) groups is 3. The number of hydrogen-bond acceptors (Lipinski definition) is 7. The SMILES string of the molecule is COc1cc([N+](=O)[O-])ccc1NC(=O)COC(=O)C1CCC(=O)N1. The van der Waals surface area contributed by atoms with Gasteiger partial charge in [-0.05, 0) is 12.5 Å². The van der Waals surface area contributed by atoms with E-state index in [0.717, 1.165) is 6.07 Å². The molecular formula is C14H15N3O7. The fourth-order valence-corrected chi connectivity index (χ4v) is 2.11. The molecule has 0 spiro atoms. The highest BCUT2D eigenvalue weighted by Crippen LogP contribution is 2.28. The van der Waals surface area contributed by atoms with Crippen LogP contribution in [-0.4, -0.2) is 42.5 Å². The molecule has 0 bridgehead atoms. The van der Waals surface area contributed by atoms with E-state index in [4.69, 9.17) is 9.47 Å². The van der Waals surface area contributed by atoms with Crippen LogP contribution in [0.4, 0.5) is 11.4 Å². The van der Waals surface area contributed by atoms with Crippen molar-refractivity contribution in [3.05, 3.63) is 28.3 Å². The normalized spacial score (nSPS) is 16.2. The third-order valence-electron chi connectivity index (χ3n) is 3.30. The Hall–Kier alpha value is -3.17. The Kier molecular flexibility index (Phi) is 5.30. The molecule has 10 nitrogen and oxygen atoms in total. The Bertz CT molecular complexity index is 689. The maximum atomic E-state index is 11.8. The largest absolute Gasteiger partial charge is 0.494 e. The summed E-state index contributed by atoms with van der Waals surface area (Å²) in [6.07, 6.45) is 0.571. The second-order valence-corrected chi connectivity index (χ2v) is 4.96. The number of rotatable bonds is 6. The zero-order chi connectivity index (χ0) is 17.7. The van der Waals surface area contributed by atoms with Crippen molar-refractivity contribution in [1.29, 1.82) is 0 Å². The van der Waals surface area contributed by atoms with E-state index in [1.807, 2.05) is 0 Å². The number of non-ortho nitro benzene ring substituents is 1. The van der Waals surface area contributed by atoms with Gasteiger partial charge in [-0.2, -0.15) is 0 Å². The summed E-state index contributed by atoms with van der Waals surface area (Å²) >= 11 is 0. The van der Waals surface area contributed by atoms with E-state index in [0.29, 0.717) is 6.42 Å². The third-order valence-corrected chi connectivity index (χ3v) is 3.30. The number of nitro groups is 1. The molecule has 0 aliphatic carbocycles. The lowest BCUT2D eigenvalue weighted by atomic mass is 10.2. The summed E-state index contributed by atoms with van der Waals surface area (Å²) < 4.78 is 9.81. The highest BCUT2D eigenvalue weighted by molar-refractivity contribution is 5.95. The van der Waals surface area contributed by atoms with Gasteiger partial charge in [-0.1, -0.05) is 0 Å². The van der Waals surface area contributed by atoms with Crippen molar-refractivity contribution in [3.63, 3.8) is 0 Å². The summed E-state index contributed by atoms with van der Waals surface area (Å²) in [4.78, 5) is 44.6. The molecule has 0 radical (unpaired) electrons. The van der Waals surface area contributed by atoms with Crippen LogP contribution in [-0.2, 0) is 19.1 Å². The van der Waals surface area contributed by atoms with Gasteiger partial charge < -0.3 is 20.1 Å². The van der Waals surface area contributed by atoms with Crippen LogP contribution in [0, 0.1) is 10.1 Å². The second kappa shape index (κ2) is 7.40. The summed E-state index contributed by atoms with van der Waals surface area (Å²) in [6.45, 7) is -0.550. The van der Waals surface area contributed by atoms with Crippen LogP contribution < -0.4 is 15.4 Å². The summed E-state index contributed by atoms with van der Waals surface area (Å²) in [5.74, 6) is -1.46. The molecule has 0 saturated carbocycles. The molecule has 0 aromatic heterocycles. The number of hydrogen-bond donors (Lipinski definition) is 2. The predicted octanol–water partition coefficient (Wildman–Crippen LogP) is 0.364. The number of esters is 1. The molecule has 1 atom stereocenters. The number of anilines is 1. The van der Waals surface area contributed by atoms with Crippen LogP contribution in [0.1, 0.15) is 12.8 Å². The first-order chi connectivity index (χ1) is 11.4. The Labute approximate surface area is 136 Å². The molecule has 1 unspecified atom stereocenters. The lowest BCUT2D eigenvalue weighted by Crippen LogP contribution is -2.36. The predicted molar refractivity (Wildman–Crippen MR) is 80.4 cm³/mol. The molecule has 1 aromatic rings.